The number of nitrogens with zero attached hydrogens (tertiary/aromatic N) is 3. The maximum Gasteiger partial charge on any atom is 0.329 e. The van der Waals surface area contributed by atoms with Gasteiger partial charge in [0.15, 0.2) is 15.6 Å². The number of halogens is 1. The molecule has 0 radical (unpaired) electrons. The minimum absolute atomic E-state index is 0.0932. The number of ketones is 1. The minimum Gasteiger partial charge on any atom is -0.316 e. The Morgan fingerprint density at radius 3 is 2.58 bits per heavy atom. The molecule has 0 unspecified atom stereocenters. The molecule has 2 aliphatic rings. The van der Waals surface area contributed by atoms with Crippen LogP contribution in [0.15, 0.2) is 58.6 Å². The number of alkyl halides is 1. The van der Waals surface area contributed by atoms with Gasteiger partial charge in [-0.2, -0.15) is 5.26 Å². The zero-order chi connectivity index (χ0) is 23.9. The molecular weight excluding hydrogens is 445 g/mol. The summed E-state index contributed by atoms with van der Waals surface area (Å²) in [5, 5.41) is 9.25. The summed E-state index contributed by atoms with van der Waals surface area (Å²) in [6.07, 6.45) is 2.30. The largest absolute Gasteiger partial charge is 0.329 e. The number of carbonyl (C=O) groups excluding carboxylic acids is 2. The Morgan fingerprint density at radius 2 is 1.91 bits per heavy atom. The van der Waals surface area contributed by atoms with Gasteiger partial charge in [0.05, 0.1) is 28.3 Å². The van der Waals surface area contributed by atoms with Crippen molar-refractivity contribution >= 4 is 27.3 Å². The lowest BCUT2D eigenvalue weighted by molar-refractivity contribution is -0.116. The van der Waals surface area contributed by atoms with Crippen molar-refractivity contribution in [3.63, 3.8) is 0 Å². The number of likely N-dealkylation sites (N-methyl/N-ethyl adjacent to an activating group) is 1. The third kappa shape index (κ3) is 3.91. The van der Waals surface area contributed by atoms with Crippen LogP contribution in [0.1, 0.15) is 42.0 Å². The molecule has 0 bridgehead atoms. The molecule has 0 spiro atoms. The predicted octanol–water partition coefficient (Wildman–Crippen LogP) is 4.05. The number of hydrogen-bond donors (Lipinski definition) is 0. The second-order valence-electron chi connectivity index (χ2n) is 8.21. The first-order valence-electron chi connectivity index (χ1n) is 10.4. The van der Waals surface area contributed by atoms with E-state index in [-0.39, 0.29) is 28.2 Å². The number of benzene rings is 2. The lowest BCUT2D eigenvalue weighted by Crippen LogP contribution is -2.50. The molecule has 1 heterocycles. The van der Waals surface area contributed by atoms with E-state index in [1.807, 2.05) is 6.07 Å². The van der Waals surface area contributed by atoms with Crippen LogP contribution < -0.4 is 4.90 Å². The lowest BCUT2D eigenvalue weighted by atomic mass is 9.83. The Balaban J connectivity index is 1.98. The summed E-state index contributed by atoms with van der Waals surface area (Å²) in [7, 11) is -2.26. The number of sulfone groups is 1. The molecular formula is C24H22FN3O4S. The van der Waals surface area contributed by atoms with Gasteiger partial charge in [-0.1, -0.05) is 18.2 Å². The molecule has 0 fully saturated rings. The van der Waals surface area contributed by atoms with Crippen LogP contribution in [0.2, 0.25) is 0 Å². The van der Waals surface area contributed by atoms with Gasteiger partial charge in [-0.05, 0) is 48.2 Å². The maximum absolute atomic E-state index is 13.6. The summed E-state index contributed by atoms with van der Waals surface area (Å²) in [5.74, 6) is -0.170. The smallest absolute Gasteiger partial charge is 0.316 e. The Bertz CT molecular complexity index is 1340. The van der Waals surface area contributed by atoms with Gasteiger partial charge in [0.2, 0.25) is 0 Å². The van der Waals surface area contributed by atoms with Crippen molar-refractivity contribution in [2.24, 2.45) is 0 Å². The molecule has 7 nitrogen and oxygen atoms in total. The SMILES string of the molecule is CN1C(=O)N(c2cccc(CF)c2)C2=C(C(=O)CCC2)[C@H]1c1ccc(C#N)cc1S(C)(=O)=O. The summed E-state index contributed by atoms with van der Waals surface area (Å²) in [5.41, 5.74) is 2.14. The van der Waals surface area contributed by atoms with E-state index in [9.17, 15) is 27.7 Å². The quantitative estimate of drug-likeness (QED) is 0.676. The Labute approximate surface area is 191 Å². The highest BCUT2D eigenvalue weighted by Crippen LogP contribution is 2.44. The first-order valence-corrected chi connectivity index (χ1v) is 12.3. The van der Waals surface area contributed by atoms with Crippen LogP contribution in [0, 0.1) is 11.3 Å². The van der Waals surface area contributed by atoms with Gasteiger partial charge >= 0.3 is 6.03 Å². The number of Topliss-reactive ketones (excluding diaryl/α,β-unsaturated/α-hetero) is 1. The third-order valence-electron chi connectivity index (χ3n) is 6.01. The predicted molar refractivity (Wildman–Crippen MR) is 120 cm³/mol. The van der Waals surface area contributed by atoms with E-state index in [2.05, 4.69) is 0 Å². The average molecular weight is 468 g/mol. The zero-order valence-electron chi connectivity index (χ0n) is 18.2. The van der Waals surface area contributed by atoms with E-state index >= 15 is 0 Å². The van der Waals surface area contributed by atoms with Gasteiger partial charge in [0.1, 0.15) is 6.67 Å². The number of anilines is 1. The van der Waals surface area contributed by atoms with Gasteiger partial charge in [-0.25, -0.2) is 17.6 Å². The number of rotatable bonds is 4. The topological polar surface area (TPSA) is 98.5 Å². The number of nitriles is 1. The van der Waals surface area contributed by atoms with Crippen LogP contribution in [0.4, 0.5) is 14.9 Å². The molecule has 33 heavy (non-hydrogen) atoms. The summed E-state index contributed by atoms with van der Waals surface area (Å²) in [4.78, 5) is 29.4. The molecule has 2 amide bonds. The molecule has 1 aliphatic heterocycles. The standard InChI is InChI=1S/C24H22FN3O4S/c1-27-23(18-10-9-16(14-26)12-21(18)33(2,31)32)22-19(7-4-8-20(22)29)28(24(27)30)17-6-3-5-15(11-17)13-25/h3,5-6,9-12,23H,4,7-8,13H2,1-2H3/t23-/m1/s1. The van der Waals surface area contributed by atoms with Crippen LogP contribution in [0.5, 0.6) is 0 Å². The van der Waals surface area contributed by atoms with E-state index in [0.717, 1.165) is 6.26 Å². The fourth-order valence-corrected chi connectivity index (χ4v) is 5.48. The maximum atomic E-state index is 13.6. The van der Waals surface area contributed by atoms with Crippen molar-refractivity contribution in [2.45, 2.75) is 36.9 Å². The molecule has 1 aliphatic carbocycles. The van der Waals surface area contributed by atoms with Crippen molar-refractivity contribution in [1.82, 2.24) is 4.90 Å². The molecule has 2 aromatic rings. The Morgan fingerprint density at radius 1 is 1.15 bits per heavy atom. The molecule has 9 heteroatoms. The minimum atomic E-state index is -3.76. The van der Waals surface area contributed by atoms with Crippen molar-refractivity contribution in [3.8, 4) is 6.07 Å². The van der Waals surface area contributed by atoms with Crippen molar-refractivity contribution in [1.29, 1.82) is 5.26 Å². The summed E-state index contributed by atoms with van der Waals surface area (Å²) < 4.78 is 38.5. The summed E-state index contributed by atoms with van der Waals surface area (Å²) >= 11 is 0. The van der Waals surface area contributed by atoms with E-state index in [1.54, 1.807) is 24.3 Å². The molecule has 0 N–H and O–H groups in total. The monoisotopic (exact) mass is 467 g/mol. The highest BCUT2D eigenvalue weighted by atomic mass is 32.2. The summed E-state index contributed by atoms with van der Waals surface area (Å²) in [6.45, 7) is -0.692. The molecule has 1 atom stereocenters. The molecule has 0 saturated carbocycles. The molecule has 4 rings (SSSR count). The second kappa shape index (κ2) is 8.45. The number of amides is 2. The molecule has 2 aromatic carbocycles. The van der Waals surface area contributed by atoms with Crippen LogP contribution >= 0.6 is 0 Å². The number of urea groups is 1. The fourth-order valence-electron chi connectivity index (χ4n) is 4.53. The van der Waals surface area contributed by atoms with Crippen molar-refractivity contribution in [2.75, 3.05) is 18.2 Å². The lowest BCUT2D eigenvalue weighted by Gasteiger charge is -2.44. The second-order valence-corrected chi connectivity index (χ2v) is 10.2. The highest BCUT2D eigenvalue weighted by molar-refractivity contribution is 7.90. The van der Waals surface area contributed by atoms with Gasteiger partial charge < -0.3 is 4.90 Å². The van der Waals surface area contributed by atoms with Crippen LogP contribution in [-0.4, -0.2) is 38.4 Å². The van der Waals surface area contributed by atoms with Gasteiger partial charge in [0.25, 0.3) is 0 Å². The number of allylic oxidation sites excluding steroid dienone is 1. The van der Waals surface area contributed by atoms with Crippen molar-refractivity contribution < 1.29 is 22.4 Å². The third-order valence-corrected chi connectivity index (χ3v) is 7.16. The zero-order valence-corrected chi connectivity index (χ0v) is 19.0. The molecule has 0 aromatic heterocycles. The Hall–Kier alpha value is -3.51. The van der Waals surface area contributed by atoms with Crippen LogP contribution in [0.3, 0.4) is 0 Å². The first kappa shape index (κ1) is 22.7. The number of carbonyl (C=O) groups is 2. The van der Waals surface area contributed by atoms with E-state index in [0.29, 0.717) is 35.4 Å². The summed E-state index contributed by atoms with van der Waals surface area (Å²) in [6, 6.07) is 11.3. The van der Waals surface area contributed by atoms with E-state index in [1.165, 1.54) is 35.0 Å². The molecule has 0 saturated heterocycles. The highest BCUT2D eigenvalue weighted by Gasteiger charge is 2.44. The van der Waals surface area contributed by atoms with Gasteiger partial charge in [-0.15, -0.1) is 0 Å². The van der Waals surface area contributed by atoms with Crippen LogP contribution in [0.25, 0.3) is 0 Å². The van der Waals surface area contributed by atoms with E-state index in [4.69, 9.17) is 0 Å². The average Bonchev–Trinajstić information content (AvgIpc) is 2.79. The first-order chi connectivity index (χ1) is 15.7. The van der Waals surface area contributed by atoms with Crippen molar-refractivity contribution in [3.05, 3.63) is 70.4 Å². The fraction of sp³-hybridized carbons (Fsp3) is 0.292. The van der Waals surface area contributed by atoms with E-state index < -0.39 is 28.6 Å². The number of hydrogen-bond acceptors (Lipinski definition) is 5. The van der Waals surface area contributed by atoms with Gasteiger partial charge in [-0.3, -0.25) is 9.69 Å². The van der Waals surface area contributed by atoms with Gasteiger partial charge in [0, 0.05) is 31.0 Å². The molecule has 170 valence electrons. The van der Waals surface area contributed by atoms with Crippen LogP contribution in [-0.2, 0) is 21.3 Å². The normalized spacial score (nSPS) is 18.9. The Kier molecular flexibility index (Phi) is 5.80.